The molecule has 1 aliphatic rings. The maximum Gasteiger partial charge on any atom is 0.237 e. The molecule has 0 bridgehead atoms. The van der Waals surface area contributed by atoms with Crippen LogP contribution in [-0.4, -0.2) is 44.1 Å². The van der Waals surface area contributed by atoms with E-state index in [-0.39, 0.29) is 6.10 Å². The van der Waals surface area contributed by atoms with Gasteiger partial charge in [-0.05, 0) is 30.2 Å². The van der Waals surface area contributed by atoms with Crippen LogP contribution in [0.5, 0.6) is 5.88 Å². The fourth-order valence-electron chi connectivity index (χ4n) is 2.85. The highest BCUT2D eigenvalue weighted by Crippen LogP contribution is 2.29. The predicted octanol–water partition coefficient (Wildman–Crippen LogP) is 3.30. The minimum atomic E-state index is -0.0826. The van der Waals surface area contributed by atoms with Crippen molar-refractivity contribution in [1.82, 2.24) is 4.98 Å². The summed E-state index contributed by atoms with van der Waals surface area (Å²) in [5.41, 5.74) is 4.66. The van der Waals surface area contributed by atoms with Crippen LogP contribution in [0.15, 0.2) is 47.3 Å². The Morgan fingerprint density at radius 2 is 2.29 bits per heavy atom. The minimum absolute atomic E-state index is 0.0826. The Morgan fingerprint density at radius 3 is 3.00 bits per heavy atom. The Balaban J connectivity index is 1.49. The molecule has 0 fully saturated rings. The minimum Gasteiger partial charge on any atom is -0.469 e. The summed E-state index contributed by atoms with van der Waals surface area (Å²) in [5.74, 6) is 2.51. The number of allylic oxidation sites excluding steroid dienone is 1. The first-order valence-corrected chi connectivity index (χ1v) is 9.72. The van der Waals surface area contributed by atoms with E-state index in [0.717, 1.165) is 28.8 Å². The molecule has 2 aromatic rings. The number of hydrogen-bond acceptors (Lipinski definition) is 6. The summed E-state index contributed by atoms with van der Waals surface area (Å²) < 4.78 is 11.7. The standard InChI is InChI=1S/C21H23N4O2P/c1-23-10-18(14-28)17-8-20-21(25-11-17)27-19(12-24-20)13-26-7-6-15-2-4-16(9-22)5-3-15/h2-5,8,10-11,14,19,24H,6-7,12-13,28H2,1H3/b18-14+,23-10?. The smallest absolute Gasteiger partial charge is 0.237 e. The van der Waals surface area contributed by atoms with Crippen molar-refractivity contribution < 1.29 is 9.47 Å². The zero-order valence-corrected chi connectivity index (χ0v) is 16.9. The third-order valence-electron chi connectivity index (χ3n) is 4.35. The molecule has 1 aliphatic heterocycles. The average molecular weight is 394 g/mol. The Bertz CT molecular complexity index is 904. The molecule has 2 unspecified atom stereocenters. The Kier molecular flexibility index (Phi) is 7.13. The molecular weight excluding hydrogens is 371 g/mol. The zero-order valence-electron chi connectivity index (χ0n) is 15.8. The lowest BCUT2D eigenvalue weighted by Gasteiger charge is -2.26. The number of benzene rings is 1. The molecule has 2 heterocycles. The molecule has 3 rings (SSSR count). The molecule has 2 atom stereocenters. The number of nitrogens with one attached hydrogen (secondary N) is 1. The van der Waals surface area contributed by atoms with E-state index in [9.17, 15) is 0 Å². The van der Waals surface area contributed by atoms with Gasteiger partial charge < -0.3 is 14.8 Å². The SMILES string of the molecule is CN=C/C(=C\P)c1cnc2c(c1)NCC(COCCc1ccc(C#N)cc1)O2. The first-order chi connectivity index (χ1) is 13.7. The molecule has 0 aliphatic carbocycles. The second-order valence-corrected chi connectivity index (χ2v) is 6.67. The molecule has 0 radical (unpaired) electrons. The number of ether oxygens (including phenoxy) is 2. The number of pyridine rings is 1. The molecule has 0 saturated heterocycles. The molecule has 6 nitrogen and oxygen atoms in total. The van der Waals surface area contributed by atoms with Crippen molar-refractivity contribution in [3.8, 4) is 11.9 Å². The monoisotopic (exact) mass is 394 g/mol. The average Bonchev–Trinajstić information content (AvgIpc) is 2.75. The van der Waals surface area contributed by atoms with E-state index >= 15 is 0 Å². The molecule has 0 spiro atoms. The number of nitrogens with zero attached hydrogens (tertiary/aromatic N) is 3. The number of hydrogen-bond donors (Lipinski definition) is 1. The van der Waals surface area contributed by atoms with Gasteiger partial charge in [0.25, 0.3) is 0 Å². The maximum absolute atomic E-state index is 8.83. The van der Waals surface area contributed by atoms with Gasteiger partial charge in [-0.25, -0.2) is 4.98 Å². The third-order valence-corrected chi connectivity index (χ3v) is 4.71. The van der Waals surface area contributed by atoms with Crippen molar-refractivity contribution >= 4 is 26.7 Å². The summed E-state index contributed by atoms with van der Waals surface area (Å²) in [6.07, 6.45) is 4.30. The lowest BCUT2D eigenvalue weighted by atomic mass is 10.1. The van der Waals surface area contributed by atoms with E-state index < -0.39 is 0 Å². The third kappa shape index (κ3) is 5.16. The topological polar surface area (TPSA) is 79.5 Å². The van der Waals surface area contributed by atoms with Crippen molar-refractivity contribution in [1.29, 1.82) is 5.26 Å². The summed E-state index contributed by atoms with van der Waals surface area (Å²) >= 11 is 0. The molecule has 28 heavy (non-hydrogen) atoms. The first-order valence-electron chi connectivity index (χ1n) is 9.05. The van der Waals surface area contributed by atoms with Gasteiger partial charge in [0.1, 0.15) is 6.10 Å². The van der Waals surface area contributed by atoms with Crippen molar-refractivity contribution in [3.05, 3.63) is 59.0 Å². The van der Waals surface area contributed by atoms with Gasteiger partial charge >= 0.3 is 0 Å². The molecule has 1 aromatic carbocycles. The molecule has 0 amide bonds. The number of aromatic nitrogens is 1. The Labute approximate surface area is 167 Å². The van der Waals surface area contributed by atoms with E-state index in [2.05, 4.69) is 30.6 Å². The molecule has 1 aromatic heterocycles. The quantitative estimate of drug-likeness (QED) is 0.443. The zero-order chi connectivity index (χ0) is 19.8. The predicted molar refractivity (Wildman–Crippen MR) is 115 cm³/mol. The second-order valence-electron chi connectivity index (χ2n) is 6.34. The van der Waals surface area contributed by atoms with Crippen LogP contribution in [0.3, 0.4) is 0 Å². The molecule has 1 N–H and O–H groups in total. The van der Waals surface area contributed by atoms with Crippen molar-refractivity contribution in [2.24, 2.45) is 4.99 Å². The number of anilines is 1. The summed E-state index contributed by atoms with van der Waals surface area (Å²) in [5, 5.41) is 12.2. The van der Waals surface area contributed by atoms with Crippen LogP contribution < -0.4 is 10.1 Å². The van der Waals surface area contributed by atoms with E-state index in [1.165, 1.54) is 0 Å². The molecule has 7 heteroatoms. The fourth-order valence-corrected chi connectivity index (χ4v) is 3.13. The summed E-state index contributed by atoms with van der Waals surface area (Å²) in [6, 6.07) is 11.7. The van der Waals surface area contributed by atoms with E-state index in [1.54, 1.807) is 19.5 Å². The van der Waals surface area contributed by atoms with Crippen LogP contribution in [0.25, 0.3) is 5.57 Å². The van der Waals surface area contributed by atoms with Crippen LogP contribution in [0, 0.1) is 11.3 Å². The number of fused-ring (bicyclic) bond motifs is 1. The Morgan fingerprint density at radius 1 is 1.46 bits per heavy atom. The van der Waals surface area contributed by atoms with Crippen LogP contribution in [0.4, 0.5) is 5.69 Å². The summed E-state index contributed by atoms with van der Waals surface area (Å²) in [7, 11) is 4.33. The summed E-state index contributed by atoms with van der Waals surface area (Å²) in [6.45, 7) is 1.76. The number of rotatable bonds is 7. The fraction of sp³-hybridized carbons (Fsp3) is 0.286. The second kappa shape index (κ2) is 9.98. The van der Waals surface area contributed by atoms with E-state index in [1.807, 2.05) is 36.1 Å². The maximum atomic E-state index is 8.83. The highest BCUT2D eigenvalue weighted by atomic mass is 31.0. The first kappa shape index (κ1) is 20.0. The highest BCUT2D eigenvalue weighted by molar-refractivity contribution is 7.21. The van der Waals surface area contributed by atoms with Crippen molar-refractivity contribution in [3.63, 3.8) is 0 Å². The Hall–Kier alpha value is -2.74. The van der Waals surface area contributed by atoms with Gasteiger partial charge in [0.15, 0.2) is 0 Å². The van der Waals surface area contributed by atoms with Crippen LogP contribution in [0.2, 0.25) is 0 Å². The lowest BCUT2D eigenvalue weighted by molar-refractivity contribution is 0.0523. The van der Waals surface area contributed by atoms with Gasteiger partial charge in [0, 0.05) is 30.6 Å². The van der Waals surface area contributed by atoms with E-state index in [4.69, 9.17) is 14.7 Å². The number of aliphatic imine (C=N–C) groups is 1. The van der Waals surface area contributed by atoms with E-state index in [0.29, 0.717) is 31.2 Å². The normalized spacial score (nSPS) is 16.2. The molecule has 0 saturated carbocycles. The van der Waals surface area contributed by atoms with Gasteiger partial charge in [-0.15, -0.1) is 9.24 Å². The van der Waals surface area contributed by atoms with Crippen LogP contribution >= 0.6 is 9.24 Å². The van der Waals surface area contributed by atoms with Gasteiger partial charge in [-0.1, -0.05) is 17.9 Å². The highest BCUT2D eigenvalue weighted by Gasteiger charge is 2.21. The van der Waals surface area contributed by atoms with Gasteiger partial charge in [0.05, 0.1) is 37.1 Å². The largest absolute Gasteiger partial charge is 0.469 e. The van der Waals surface area contributed by atoms with Gasteiger partial charge in [-0.2, -0.15) is 5.26 Å². The van der Waals surface area contributed by atoms with Crippen molar-refractivity contribution in [2.75, 3.05) is 32.1 Å². The lowest BCUT2D eigenvalue weighted by Crippen LogP contribution is -2.35. The van der Waals surface area contributed by atoms with Gasteiger partial charge in [-0.3, -0.25) is 4.99 Å². The van der Waals surface area contributed by atoms with Crippen LogP contribution in [0.1, 0.15) is 16.7 Å². The summed E-state index contributed by atoms with van der Waals surface area (Å²) in [4.78, 5) is 8.50. The van der Waals surface area contributed by atoms with Crippen molar-refractivity contribution in [2.45, 2.75) is 12.5 Å². The van der Waals surface area contributed by atoms with Gasteiger partial charge in [0.2, 0.25) is 5.88 Å². The number of nitriles is 1. The molecular formula is C21H23N4O2P. The molecule has 144 valence electrons. The van der Waals surface area contributed by atoms with Crippen LogP contribution in [-0.2, 0) is 11.2 Å².